The molecule has 1 saturated heterocycles. The van der Waals surface area contributed by atoms with Gasteiger partial charge < -0.3 is 19.5 Å². The van der Waals surface area contributed by atoms with Crippen molar-refractivity contribution in [3.8, 4) is 5.75 Å². The molecule has 29 heavy (non-hydrogen) atoms. The molecule has 0 aliphatic carbocycles. The minimum absolute atomic E-state index is 0.000548. The molecule has 2 atom stereocenters. The molecule has 5 nitrogen and oxygen atoms in total. The second-order valence-electron chi connectivity index (χ2n) is 8.19. The Kier molecular flexibility index (Phi) is 5.04. The largest absolute Gasteiger partial charge is 0.495 e. The maximum atomic E-state index is 5.79. The van der Waals surface area contributed by atoms with Gasteiger partial charge in [0.2, 0.25) is 0 Å². The molecule has 0 amide bonds. The summed E-state index contributed by atoms with van der Waals surface area (Å²) in [6.07, 6.45) is 6.16. The van der Waals surface area contributed by atoms with Gasteiger partial charge in [0, 0.05) is 24.1 Å². The van der Waals surface area contributed by atoms with Crippen molar-refractivity contribution in [3.05, 3.63) is 78.4 Å². The molecular formula is C23H26N4OS. The van der Waals surface area contributed by atoms with Gasteiger partial charge >= 0.3 is 0 Å². The fourth-order valence-electron chi connectivity index (χ4n) is 3.79. The van der Waals surface area contributed by atoms with E-state index < -0.39 is 0 Å². The highest BCUT2D eigenvalue weighted by molar-refractivity contribution is 7.80. The first-order valence-corrected chi connectivity index (χ1v) is 10.1. The summed E-state index contributed by atoms with van der Waals surface area (Å²) in [6, 6.07) is 16.0. The third-order valence-corrected chi connectivity index (χ3v) is 5.59. The lowest BCUT2D eigenvalue weighted by atomic mass is 9.98. The Morgan fingerprint density at radius 2 is 1.83 bits per heavy atom. The summed E-state index contributed by atoms with van der Waals surface area (Å²) in [5.41, 5.74) is 3.08. The minimum Gasteiger partial charge on any atom is -0.495 e. The maximum Gasteiger partial charge on any atom is 0.174 e. The number of nitrogens with zero attached hydrogens (tertiary/aromatic N) is 3. The van der Waals surface area contributed by atoms with Gasteiger partial charge in [-0.25, -0.2) is 0 Å². The molecule has 0 spiro atoms. The number of rotatable bonds is 4. The number of aromatic nitrogens is 2. The van der Waals surface area contributed by atoms with Crippen LogP contribution in [0.2, 0.25) is 0 Å². The number of thiocarbonyl (C=S) groups is 1. The summed E-state index contributed by atoms with van der Waals surface area (Å²) in [7, 11) is 1.69. The van der Waals surface area contributed by atoms with E-state index in [1.165, 1.54) is 5.56 Å². The van der Waals surface area contributed by atoms with Crippen LogP contribution in [0, 0.1) is 0 Å². The van der Waals surface area contributed by atoms with E-state index in [1.807, 2.05) is 48.7 Å². The van der Waals surface area contributed by atoms with Gasteiger partial charge in [-0.15, -0.1) is 0 Å². The van der Waals surface area contributed by atoms with Gasteiger partial charge in [0.15, 0.2) is 5.11 Å². The Morgan fingerprint density at radius 1 is 1.07 bits per heavy atom. The van der Waals surface area contributed by atoms with Gasteiger partial charge in [0.25, 0.3) is 0 Å². The average molecular weight is 407 g/mol. The van der Waals surface area contributed by atoms with Crippen LogP contribution in [0.25, 0.3) is 0 Å². The molecule has 2 aromatic heterocycles. The standard InChI is InChI=1S/C23H26N4OS/c1-23(2,3)26-14-12-16(15-26)21-20(17-9-7-8-13-24-17)25-22(29)27(21)18-10-5-6-11-19(18)28-4/h5-15,20-21H,1-4H3,(H,25,29)/t20-,21+/m0/s1. The van der Waals surface area contributed by atoms with Gasteiger partial charge in [0.05, 0.1) is 30.6 Å². The lowest BCUT2D eigenvalue weighted by Gasteiger charge is -2.28. The lowest BCUT2D eigenvalue weighted by molar-refractivity contribution is 0.396. The minimum atomic E-state index is -0.0653. The second kappa shape index (κ2) is 7.52. The molecule has 0 unspecified atom stereocenters. The number of hydrogen-bond acceptors (Lipinski definition) is 3. The second-order valence-corrected chi connectivity index (χ2v) is 8.58. The Morgan fingerprint density at radius 3 is 2.48 bits per heavy atom. The zero-order valence-corrected chi connectivity index (χ0v) is 18.0. The van der Waals surface area contributed by atoms with E-state index in [2.05, 4.69) is 59.0 Å². The molecule has 150 valence electrons. The van der Waals surface area contributed by atoms with Gasteiger partial charge in [-0.2, -0.15) is 0 Å². The van der Waals surface area contributed by atoms with Crippen LogP contribution in [0.15, 0.2) is 67.1 Å². The molecule has 1 aliphatic heterocycles. The highest BCUT2D eigenvalue weighted by Crippen LogP contribution is 2.44. The number of pyridine rings is 1. The van der Waals surface area contributed by atoms with E-state index in [9.17, 15) is 0 Å². The zero-order valence-electron chi connectivity index (χ0n) is 17.2. The summed E-state index contributed by atoms with van der Waals surface area (Å²) < 4.78 is 7.88. The summed E-state index contributed by atoms with van der Waals surface area (Å²) >= 11 is 5.79. The van der Waals surface area contributed by atoms with Gasteiger partial charge in [-0.1, -0.05) is 18.2 Å². The van der Waals surface area contributed by atoms with Crippen LogP contribution in [0.5, 0.6) is 5.75 Å². The number of anilines is 1. The molecule has 1 N–H and O–H groups in total. The zero-order chi connectivity index (χ0) is 20.6. The van der Waals surface area contributed by atoms with Gasteiger partial charge in [-0.3, -0.25) is 4.98 Å². The molecule has 6 heteroatoms. The predicted molar refractivity (Wildman–Crippen MR) is 120 cm³/mol. The van der Waals surface area contributed by atoms with Crippen molar-refractivity contribution in [3.63, 3.8) is 0 Å². The molecule has 1 aliphatic rings. The maximum absolute atomic E-state index is 5.79. The third-order valence-electron chi connectivity index (χ3n) is 5.27. The van der Waals surface area contributed by atoms with E-state index in [0.29, 0.717) is 5.11 Å². The van der Waals surface area contributed by atoms with Gasteiger partial charge in [-0.05, 0) is 68.9 Å². The van der Waals surface area contributed by atoms with E-state index in [4.69, 9.17) is 17.0 Å². The molecular weight excluding hydrogens is 380 g/mol. The SMILES string of the molecule is COc1ccccc1N1C(=S)N[C@@H](c2ccccn2)[C@H]1c1ccn(C(C)(C)C)c1. The average Bonchev–Trinajstić information content (AvgIpc) is 3.33. The highest BCUT2D eigenvalue weighted by Gasteiger charge is 2.42. The van der Waals surface area contributed by atoms with Crippen molar-refractivity contribution in [2.75, 3.05) is 12.0 Å². The van der Waals surface area contributed by atoms with E-state index in [-0.39, 0.29) is 17.6 Å². The van der Waals surface area contributed by atoms with Crippen molar-refractivity contribution in [1.82, 2.24) is 14.9 Å². The lowest BCUT2D eigenvalue weighted by Crippen LogP contribution is -2.29. The third kappa shape index (κ3) is 3.60. The predicted octanol–water partition coefficient (Wildman–Crippen LogP) is 4.82. The Labute approximate surface area is 177 Å². The molecule has 0 bridgehead atoms. The number of nitrogens with one attached hydrogen (secondary N) is 1. The van der Waals surface area contributed by atoms with Crippen molar-refractivity contribution in [2.24, 2.45) is 0 Å². The Bertz CT molecular complexity index is 1010. The Balaban J connectivity index is 1.85. The fourth-order valence-corrected chi connectivity index (χ4v) is 4.13. The molecule has 3 aromatic rings. The first kappa shape index (κ1) is 19.5. The Hall–Kier alpha value is -2.86. The van der Waals surface area contributed by atoms with Crippen LogP contribution in [-0.2, 0) is 5.54 Å². The number of ether oxygens (including phenoxy) is 1. The van der Waals surface area contributed by atoms with Crippen molar-refractivity contribution < 1.29 is 4.74 Å². The smallest absolute Gasteiger partial charge is 0.174 e. The quantitative estimate of drug-likeness (QED) is 0.629. The first-order valence-electron chi connectivity index (χ1n) is 9.72. The first-order chi connectivity index (χ1) is 13.9. The van der Waals surface area contributed by atoms with Crippen LogP contribution in [0.4, 0.5) is 5.69 Å². The van der Waals surface area contributed by atoms with E-state index in [0.717, 1.165) is 17.1 Å². The topological polar surface area (TPSA) is 42.3 Å². The van der Waals surface area contributed by atoms with Gasteiger partial charge in [0.1, 0.15) is 5.75 Å². The number of methoxy groups -OCH3 is 1. The van der Waals surface area contributed by atoms with Crippen LogP contribution in [0.3, 0.4) is 0 Å². The molecule has 1 fully saturated rings. The van der Waals surface area contributed by atoms with Crippen molar-refractivity contribution in [2.45, 2.75) is 38.4 Å². The molecule has 0 radical (unpaired) electrons. The van der Waals surface area contributed by atoms with Crippen LogP contribution in [0.1, 0.15) is 44.1 Å². The van der Waals surface area contributed by atoms with E-state index in [1.54, 1.807) is 7.11 Å². The van der Waals surface area contributed by atoms with E-state index >= 15 is 0 Å². The summed E-state index contributed by atoms with van der Waals surface area (Å²) in [6.45, 7) is 6.59. The normalized spacial score (nSPS) is 19.3. The van der Waals surface area contributed by atoms with Crippen molar-refractivity contribution >= 4 is 23.0 Å². The van der Waals surface area contributed by atoms with Crippen molar-refractivity contribution in [1.29, 1.82) is 0 Å². The molecule has 1 aromatic carbocycles. The monoisotopic (exact) mass is 406 g/mol. The highest BCUT2D eigenvalue weighted by atomic mass is 32.1. The van der Waals surface area contributed by atoms with Crippen LogP contribution in [-0.4, -0.2) is 21.8 Å². The molecule has 4 rings (SSSR count). The van der Waals surface area contributed by atoms with Crippen LogP contribution < -0.4 is 15.0 Å². The number of hydrogen-bond donors (Lipinski definition) is 1. The summed E-state index contributed by atoms with van der Waals surface area (Å²) in [4.78, 5) is 6.76. The molecule has 0 saturated carbocycles. The number of para-hydroxylation sites is 2. The fraction of sp³-hybridized carbons (Fsp3) is 0.304. The number of benzene rings is 1. The summed E-state index contributed by atoms with van der Waals surface area (Å²) in [5, 5.41) is 4.16. The summed E-state index contributed by atoms with van der Waals surface area (Å²) in [5.74, 6) is 0.790. The molecule has 3 heterocycles. The van der Waals surface area contributed by atoms with Crippen LogP contribution >= 0.6 is 12.2 Å².